The Labute approximate surface area is 94.5 Å². The molecule has 0 unspecified atom stereocenters. The van der Waals surface area contributed by atoms with E-state index in [1.165, 1.54) is 12.3 Å². The number of hydrogen-bond acceptors (Lipinski definition) is 2. The molecular formula is C11H9F3N2O. The third-order valence-electron chi connectivity index (χ3n) is 2.34. The number of rotatable bonds is 1. The minimum Gasteiger partial charge on any atom is -0.267 e. The standard InChI is InChI=1S/C11H9F3N2O/c1-7-2-3-9-8(4-7)5-15-16(10(9)17)6-11(12,13)14/h2-5H,6H2,1H3. The molecule has 0 bridgehead atoms. The van der Waals surface area contributed by atoms with E-state index in [1.807, 2.05) is 6.92 Å². The molecule has 17 heavy (non-hydrogen) atoms. The van der Waals surface area contributed by atoms with Crippen molar-refractivity contribution in [3.05, 3.63) is 40.3 Å². The molecule has 0 fully saturated rings. The van der Waals surface area contributed by atoms with Gasteiger partial charge in [0.25, 0.3) is 5.56 Å². The van der Waals surface area contributed by atoms with E-state index in [9.17, 15) is 18.0 Å². The van der Waals surface area contributed by atoms with Crippen LogP contribution < -0.4 is 5.56 Å². The van der Waals surface area contributed by atoms with E-state index in [1.54, 1.807) is 12.1 Å². The third kappa shape index (κ3) is 2.46. The van der Waals surface area contributed by atoms with Crippen molar-refractivity contribution in [1.29, 1.82) is 0 Å². The van der Waals surface area contributed by atoms with E-state index in [4.69, 9.17) is 0 Å². The van der Waals surface area contributed by atoms with E-state index in [0.29, 0.717) is 10.1 Å². The molecule has 90 valence electrons. The van der Waals surface area contributed by atoms with E-state index in [-0.39, 0.29) is 5.39 Å². The summed E-state index contributed by atoms with van der Waals surface area (Å²) in [5, 5.41) is 4.31. The summed E-state index contributed by atoms with van der Waals surface area (Å²) in [7, 11) is 0. The second-order valence-corrected chi connectivity index (χ2v) is 3.81. The molecule has 0 radical (unpaired) electrons. The van der Waals surface area contributed by atoms with Crippen LogP contribution in [0.1, 0.15) is 5.56 Å². The van der Waals surface area contributed by atoms with Gasteiger partial charge in [0.2, 0.25) is 0 Å². The van der Waals surface area contributed by atoms with Gasteiger partial charge in [-0.05, 0) is 19.1 Å². The highest BCUT2D eigenvalue weighted by Crippen LogP contribution is 2.17. The summed E-state index contributed by atoms with van der Waals surface area (Å²) in [5.41, 5.74) is 0.201. The zero-order valence-electron chi connectivity index (χ0n) is 8.95. The SMILES string of the molecule is Cc1ccc2c(=O)n(CC(F)(F)F)ncc2c1. The monoisotopic (exact) mass is 242 g/mol. The zero-order valence-corrected chi connectivity index (χ0v) is 8.95. The summed E-state index contributed by atoms with van der Waals surface area (Å²) in [6.07, 6.45) is -3.18. The highest BCUT2D eigenvalue weighted by molar-refractivity contribution is 5.81. The van der Waals surface area contributed by atoms with Crippen LogP contribution in [0, 0.1) is 6.92 Å². The lowest BCUT2D eigenvalue weighted by atomic mass is 10.1. The van der Waals surface area contributed by atoms with Gasteiger partial charge < -0.3 is 0 Å². The highest BCUT2D eigenvalue weighted by Gasteiger charge is 2.29. The first-order valence-corrected chi connectivity index (χ1v) is 4.90. The lowest BCUT2D eigenvalue weighted by Crippen LogP contribution is -2.30. The quantitative estimate of drug-likeness (QED) is 0.768. The Bertz CT molecular complexity index is 616. The van der Waals surface area contributed by atoms with Gasteiger partial charge in [-0.25, -0.2) is 4.68 Å². The fraction of sp³-hybridized carbons (Fsp3) is 0.273. The summed E-state index contributed by atoms with van der Waals surface area (Å²) in [6.45, 7) is 0.469. The Hall–Kier alpha value is -1.85. The molecule has 2 aromatic rings. The van der Waals surface area contributed by atoms with Crippen LogP contribution >= 0.6 is 0 Å². The van der Waals surface area contributed by atoms with Crippen molar-refractivity contribution >= 4 is 10.8 Å². The van der Waals surface area contributed by atoms with E-state index >= 15 is 0 Å². The summed E-state index contributed by atoms with van der Waals surface area (Å²) < 4.78 is 37.0. The van der Waals surface area contributed by atoms with Crippen molar-refractivity contribution in [2.75, 3.05) is 0 Å². The van der Waals surface area contributed by atoms with Crippen molar-refractivity contribution in [3.63, 3.8) is 0 Å². The molecule has 0 saturated carbocycles. The van der Waals surface area contributed by atoms with E-state index < -0.39 is 18.3 Å². The van der Waals surface area contributed by atoms with Crippen LogP contribution in [0.3, 0.4) is 0 Å². The number of fused-ring (bicyclic) bond motifs is 1. The van der Waals surface area contributed by atoms with Crippen molar-refractivity contribution < 1.29 is 13.2 Å². The maximum absolute atomic E-state index is 12.2. The molecule has 0 aliphatic rings. The molecule has 2 rings (SSSR count). The molecule has 1 heterocycles. The molecular weight excluding hydrogens is 233 g/mol. The zero-order chi connectivity index (χ0) is 12.6. The Morgan fingerprint density at radius 3 is 2.71 bits per heavy atom. The third-order valence-corrected chi connectivity index (χ3v) is 2.34. The van der Waals surface area contributed by atoms with Crippen LogP contribution in [0.25, 0.3) is 10.8 Å². The smallest absolute Gasteiger partial charge is 0.267 e. The average molecular weight is 242 g/mol. The number of hydrogen-bond donors (Lipinski definition) is 0. The minimum atomic E-state index is -4.45. The van der Waals surface area contributed by atoms with Crippen LogP contribution in [-0.4, -0.2) is 16.0 Å². The summed E-state index contributed by atoms with van der Waals surface area (Å²) in [4.78, 5) is 11.7. The van der Waals surface area contributed by atoms with Crippen molar-refractivity contribution in [1.82, 2.24) is 9.78 Å². The number of benzene rings is 1. The maximum Gasteiger partial charge on any atom is 0.408 e. The number of nitrogens with zero attached hydrogens (tertiary/aromatic N) is 2. The largest absolute Gasteiger partial charge is 0.408 e. The number of alkyl halides is 3. The highest BCUT2D eigenvalue weighted by atomic mass is 19.4. The molecule has 3 nitrogen and oxygen atoms in total. The molecule has 0 aliphatic heterocycles. The summed E-state index contributed by atoms with van der Waals surface area (Å²) >= 11 is 0. The first-order valence-electron chi connectivity index (χ1n) is 4.90. The van der Waals surface area contributed by atoms with Crippen molar-refractivity contribution in [2.24, 2.45) is 0 Å². The molecule has 1 aromatic heterocycles. The molecule has 6 heteroatoms. The first-order chi connectivity index (χ1) is 7.87. The number of aryl methyl sites for hydroxylation is 1. The van der Waals surface area contributed by atoms with Gasteiger partial charge >= 0.3 is 6.18 Å². The summed E-state index contributed by atoms with van der Waals surface area (Å²) in [6, 6.07) is 4.91. The molecule has 0 aliphatic carbocycles. The van der Waals surface area contributed by atoms with Gasteiger partial charge in [0.05, 0.1) is 11.6 Å². The Balaban J connectivity index is 2.59. The maximum atomic E-state index is 12.2. The van der Waals surface area contributed by atoms with Gasteiger partial charge in [-0.1, -0.05) is 11.6 Å². The van der Waals surface area contributed by atoms with Crippen LogP contribution in [0.15, 0.2) is 29.2 Å². The van der Waals surface area contributed by atoms with Gasteiger partial charge in [-0.2, -0.15) is 18.3 Å². The lowest BCUT2D eigenvalue weighted by Gasteiger charge is -2.08. The number of aromatic nitrogens is 2. The molecule has 0 atom stereocenters. The topological polar surface area (TPSA) is 34.9 Å². The van der Waals surface area contributed by atoms with Crippen LogP contribution in [0.2, 0.25) is 0 Å². The molecule has 0 spiro atoms. The van der Waals surface area contributed by atoms with Gasteiger partial charge in [0, 0.05) is 5.39 Å². The number of halogens is 3. The molecule has 0 saturated heterocycles. The van der Waals surface area contributed by atoms with Crippen LogP contribution in [0.5, 0.6) is 0 Å². The van der Waals surface area contributed by atoms with Gasteiger partial charge in [0.1, 0.15) is 6.54 Å². The average Bonchev–Trinajstić information content (AvgIpc) is 2.20. The fourth-order valence-electron chi connectivity index (χ4n) is 1.59. The van der Waals surface area contributed by atoms with Crippen LogP contribution in [-0.2, 0) is 6.54 Å². The summed E-state index contributed by atoms with van der Waals surface area (Å²) in [5.74, 6) is 0. The van der Waals surface area contributed by atoms with Crippen molar-refractivity contribution in [2.45, 2.75) is 19.6 Å². The Morgan fingerprint density at radius 2 is 2.06 bits per heavy atom. The lowest BCUT2D eigenvalue weighted by molar-refractivity contribution is -0.143. The van der Waals surface area contributed by atoms with Gasteiger partial charge in [0.15, 0.2) is 0 Å². The van der Waals surface area contributed by atoms with E-state index in [0.717, 1.165) is 5.56 Å². The Morgan fingerprint density at radius 1 is 1.35 bits per heavy atom. The van der Waals surface area contributed by atoms with E-state index in [2.05, 4.69) is 5.10 Å². The second kappa shape index (κ2) is 3.87. The Kier molecular flexibility index (Phi) is 2.65. The fourth-order valence-corrected chi connectivity index (χ4v) is 1.59. The molecule has 0 amide bonds. The van der Waals surface area contributed by atoms with Gasteiger partial charge in [-0.15, -0.1) is 0 Å². The van der Waals surface area contributed by atoms with Gasteiger partial charge in [-0.3, -0.25) is 4.79 Å². The molecule has 1 aromatic carbocycles. The predicted molar refractivity (Wildman–Crippen MR) is 56.8 cm³/mol. The second-order valence-electron chi connectivity index (χ2n) is 3.81. The van der Waals surface area contributed by atoms with Crippen LogP contribution in [0.4, 0.5) is 13.2 Å². The molecule has 0 N–H and O–H groups in total. The van der Waals surface area contributed by atoms with Crippen molar-refractivity contribution in [3.8, 4) is 0 Å². The minimum absolute atomic E-state index is 0.245. The normalized spacial score (nSPS) is 12.0. The predicted octanol–water partition coefficient (Wildman–Crippen LogP) is 2.27. The first kappa shape index (κ1) is 11.6.